The third-order valence-electron chi connectivity index (χ3n) is 10.5. The van der Waals surface area contributed by atoms with Crippen LogP contribution in [0, 0.1) is 0 Å². The van der Waals surface area contributed by atoms with E-state index >= 15 is 0 Å². The zero-order chi connectivity index (χ0) is 42.8. The van der Waals surface area contributed by atoms with Crippen molar-refractivity contribution < 1.29 is 0 Å². The molecule has 0 fully saturated rings. The zero-order valence-corrected chi connectivity index (χ0v) is 37.1. The minimum atomic E-state index is 0.530. The van der Waals surface area contributed by atoms with Gasteiger partial charge in [0.2, 0.25) is 0 Å². The van der Waals surface area contributed by atoms with Crippen LogP contribution < -0.4 is 0 Å². The molecule has 0 spiro atoms. The fourth-order valence-electron chi connectivity index (χ4n) is 7.39. The van der Waals surface area contributed by atoms with Gasteiger partial charge in [0.25, 0.3) is 0 Å². The number of rotatable bonds is 5. The van der Waals surface area contributed by atoms with E-state index in [2.05, 4.69) is 224 Å². The van der Waals surface area contributed by atoms with Crippen molar-refractivity contribution in [3.8, 4) is 0 Å². The molecule has 10 aromatic rings. The smallest absolute Gasteiger partial charge is 0.136 e. The van der Waals surface area contributed by atoms with Crippen molar-refractivity contribution in [3.05, 3.63) is 193 Å². The molecule has 10 rings (SSSR count). The molecule has 0 amide bonds. The molecule has 0 atom stereocenters. The summed E-state index contributed by atoms with van der Waals surface area (Å²) < 4.78 is 10.8. The number of pyridine rings is 2. The topological polar surface area (TPSA) is 60.7 Å². The SMILES string of the molecule is CC(C)c1ccc2ccccn12.CC(C)c1ccc2ccccn12.CC(C)c1ccc2cccnn12.CC(C)c1ccc2cnccn12.CC(C)c1ccc2ncccn12. The van der Waals surface area contributed by atoms with E-state index in [1.54, 1.807) is 0 Å². The Kier molecular flexibility index (Phi) is 14.4. The largest absolute Gasteiger partial charge is 0.321 e. The molecule has 0 aromatic carbocycles. The quantitative estimate of drug-likeness (QED) is 0.174. The Balaban J connectivity index is 0.000000126. The lowest BCUT2D eigenvalue weighted by Gasteiger charge is -2.04. The van der Waals surface area contributed by atoms with Gasteiger partial charge < -0.3 is 17.6 Å². The second-order valence-corrected chi connectivity index (χ2v) is 16.6. The Morgan fingerprint density at radius 1 is 0.350 bits per heavy atom. The zero-order valence-electron chi connectivity index (χ0n) is 37.1. The number of hydrogen-bond donors (Lipinski definition) is 0. The van der Waals surface area contributed by atoms with Crippen molar-refractivity contribution >= 4 is 27.7 Å². The van der Waals surface area contributed by atoms with Gasteiger partial charge in [-0.05, 0) is 133 Å². The van der Waals surface area contributed by atoms with Crippen LogP contribution in [0.5, 0.6) is 0 Å². The second kappa shape index (κ2) is 20.0. The average Bonchev–Trinajstić information content (AvgIpc) is 4.10. The van der Waals surface area contributed by atoms with Gasteiger partial charge >= 0.3 is 0 Å². The molecule has 60 heavy (non-hydrogen) atoms. The summed E-state index contributed by atoms with van der Waals surface area (Å²) in [5.74, 6) is 2.83. The van der Waals surface area contributed by atoms with Crippen molar-refractivity contribution in [2.45, 2.75) is 98.8 Å². The van der Waals surface area contributed by atoms with Crippen LogP contribution in [0.3, 0.4) is 0 Å². The van der Waals surface area contributed by atoms with E-state index in [0.29, 0.717) is 29.6 Å². The van der Waals surface area contributed by atoms with Gasteiger partial charge in [0.05, 0.1) is 17.2 Å². The van der Waals surface area contributed by atoms with E-state index in [0.717, 1.165) is 5.65 Å². The highest BCUT2D eigenvalue weighted by molar-refractivity contribution is 5.51. The maximum Gasteiger partial charge on any atom is 0.136 e. The first-order valence-electron chi connectivity index (χ1n) is 21.3. The molecule has 10 heterocycles. The number of fused-ring (bicyclic) bond motifs is 5. The van der Waals surface area contributed by atoms with Gasteiger partial charge in [-0.25, -0.2) is 9.50 Å². The van der Waals surface area contributed by atoms with E-state index in [1.165, 1.54) is 50.5 Å². The summed E-state index contributed by atoms with van der Waals surface area (Å²) in [6.45, 7) is 22.0. The third kappa shape index (κ3) is 10.2. The number of aromatic nitrogens is 8. The molecule has 0 N–H and O–H groups in total. The molecule has 0 bridgehead atoms. The van der Waals surface area contributed by atoms with Gasteiger partial charge in [-0.1, -0.05) is 81.4 Å². The minimum Gasteiger partial charge on any atom is -0.321 e. The first-order valence-corrected chi connectivity index (χ1v) is 21.3. The van der Waals surface area contributed by atoms with E-state index in [4.69, 9.17) is 0 Å². The van der Waals surface area contributed by atoms with Gasteiger partial charge in [-0.3, -0.25) is 4.98 Å². The van der Waals surface area contributed by atoms with Crippen molar-refractivity contribution in [1.29, 1.82) is 0 Å². The van der Waals surface area contributed by atoms with Crippen LogP contribution in [-0.4, -0.2) is 37.2 Å². The maximum atomic E-state index is 4.28. The van der Waals surface area contributed by atoms with E-state index < -0.39 is 0 Å². The number of hydrogen-bond acceptors (Lipinski definition) is 3. The Bertz CT molecular complexity index is 2380. The van der Waals surface area contributed by atoms with Crippen LogP contribution in [0.4, 0.5) is 0 Å². The third-order valence-corrected chi connectivity index (χ3v) is 10.5. The Labute approximate surface area is 355 Å². The molecule has 310 valence electrons. The molecule has 0 saturated heterocycles. The molecule has 0 aliphatic heterocycles. The summed E-state index contributed by atoms with van der Waals surface area (Å²) in [5.41, 5.74) is 12.6. The highest BCUT2D eigenvalue weighted by atomic mass is 15.2. The van der Waals surface area contributed by atoms with E-state index in [9.17, 15) is 0 Å². The molecular weight excluding hydrogens is 737 g/mol. The van der Waals surface area contributed by atoms with Crippen molar-refractivity contribution in [1.82, 2.24) is 37.2 Å². The fraction of sp³-hybridized carbons (Fsp3) is 0.288. The Morgan fingerprint density at radius 3 is 1.37 bits per heavy atom. The Hall–Kier alpha value is -6.41. The van der Waals surface area contributed by atoms with Crippen molar-refractivity contribution in [3.63, 3.8) is 0 Å². The molecule has 0 radical (unpaired) electrons. The van der Waals surface area contributed by atoms with Gasteiger partial charge in [0, 0.05) is 82.9 Å². The Morgan fingerprint density at radius 2 is 0.800 bits per heavy atom. The molecular formula is C52H62N8. The lowest BCUT2D eigenvalue weighted by Crippen LogP contribution is -1.97. The van der Waals surface area contributed by atoms with Gasteiger partial charge in [-0.2, -0.15) is 5.10 Å². The number of nitrogens with zero attached hydrogens (tertiary/aromatic N) is 8. The van der Waals surface area contributed by atoms with Crippen LogP contribution in [-0.2, 0) is 0 Å². The van der Waals surface area contributed by atoms with Crippen LogP contribution >= 0.6 is 0 Å². The average molecular weight is 799 g/mol. The first-order chi connectivity index (χ1) is 28.9. The fourth-order valence-corrected chi connectivity index (χ4v) is 7.39. The summed E-state index contributed by atoms with van der Waals surface area (Å²) in [6.07, 6.45) is 15.6. The van der Waals surface area contributed by atoms with Gasteiger partial charge in [0.1, 0.15) is 5.65 Å². The summed E-state index contributed by atoms with van der Waals surface area (Å²) in [5, 5.41) is 4.28. The van der Waals surface area contributed by atoms with Crippen molar-refractivity contribution in [2.75, 3.05) is 0 Å². The van der Waals surface area contributed by atoms with Crippen LogP contribution in [0.25, 0.3) is 27.7 Å². The normalized spacial score (nSPS) is 11.2. The standard InChI is InChI=1S/2C11H13N.3C10H12N2/c2*1-9(2)11-7-6-10-5-3-4-8-12(10)11;1-8(2)9-4-5-10-11-6-3-7-12(9)10;1-8(2)10-4-3-9-7-11-5-6-12(9)10;1-8(2)10-6-5-9-4-3-7-11-12(9)10/h2*3-9H,1-2H3;3*3-8H,1-2H3. The molecule has 0 aliphatic rings. The summed E-state index contributed by atoms with van der Waals surface area (Å²) >= 11 is 0. The van der Waals surface area contributed by atoms with E-state index in [1.807, 2.05) is 47.6 Å². The highest BCUT2D eigenvalue weighted by Crippen LogP contribution is 2.21. The minimum absolute atomic E-state index is 0.530. The summed E-state index contributed by atoms with van der Waals surface area (Å²) in [4.78, 5) is 8.31. The molecule has 0 aliphatic carbocycles. The van der Waals surface area contributed by atoms with Crippen LogP contribution in [0.1, 0.15) is 127 Å². The summed E-state index contributed by atoms with van der Waals surface area (Å²) in [7, 11) is 0. The molecule has 8 nitrogen and oxygen atoms in total. The molecule has 0 unspecified atom stereocenters. The molecule has 0 saturated carbocycles. The molecule has 8 heteroatoms. The molecule has 10 aromatic heterocycles. The van der Waals surface area contributed by atoms with Crippen molar-refractivity contribution in [2.24, 2.45) is 0 Å². The lowest BCUT2D eigenvalue weighted by molar-refractivity contribution is 0.759. The second-order valence-electron chi connectivity index (χ2n) is 16.6. The first kappa shape index (κ1) is 43.2. The predicted molar refractivity (Wildman–Crippen MR) is 251 cm³/mol. The van der Waals surface area contributed by atoms with Crippen LogP contribution in [0.15, 0.2) is 165 Å². The predicted octanol–water partition coefficient (Wildman–Crippen LogP) is 13.5. The van der Waals surface area contributed by atoms with Gasteiger partial charge in [-0.15, -0.1) is 0 Å². The maximum absolute atomic E-state index is 4.28. The summed E-state index contributed by atoms with van der Waals surface area (Å²) in [6, 6.07) is 39.9. The highest BCUT2D eigenvalue weighted by Gasteiger charge is 2.07. The van der Waals surface area contributed by atoms with Crippen LogP contribution in [0.2, 0.25) is 0 Å². The van der Waals surface area contributed by atoms with E-state index in [-0.39, 0.29) is 0 Å². The lowest BCUT2D eigenvalue weighted by atomic mass is 10.1. The monoisotopic (exact) mass is 799 g/mol. The van der Waals surface area contributed by atoms with Gasteiger partial charge in [0.15, 0.2) is 0 Å².